The van der Waals surface area contributed by atoms with Crippen LogP contribution < -0.4 is 10.1 Å². The highest BCUT2D eigenvalue weighted by atomic mass is 127. The molecule has 1 saturated carbocycles. The first kappa shape index (κ1) is 19.1. The standard InChI is InChI=1S/C19H19IN6O2S/c20-12-7-22-16(23-8-12)26-18-24-9-15(29-18)14-3-6-21-17(25-14)28-13-1-4-19(5-2-13)10-27-11-19/h3,6-9,13H,1-2,4-5,10-11H2,(H,22,23,24,26). The molecule has 0 atom stereocenters. The molecule has 1 aliphatic carbocycles. The summed E-state index contributed by atoms with van der Waals surface area (Å²) >= 11 is 3.66. The molecule has 0 amide bonds. The Morgan fingerprint density at radius 2 is 1.90 bits per heavy atom. The lowest BCUT2D eigenvalue weighted by Crippen LogP contribution is -2.46. The molecule has 0 radical (unpaired) electrons. The van der Waals surface area contributed by atoms with Gasteiger partial charge >= 0.3 is 6.01 Å². The Morgan fingerprint density at radius 3 is 2.62 bits per heavy atom. The molecule has 1 spiro atoms. The number of rotatable bonds is 5. The summed E-state index contributed by atoms with van der Waals surface area (Å²) in [4.78, 5) is 22.7. The first-order chi connectivity index (χ1) is 14.2. The van der Waals surface area contributed by atoms with Crippen molar-refractivity contribution in [3.05, 3.63) is 34.4 Å². The zero-order chi connectivity index (χ0) is 19.7. The Labute approximate surface area is 185 Å². The summed E-state index contributed by atoms with van der Waals surface area (Å²) in [5.41, 5.74) is 1.21. The average molecular weight is 522 g/mol. The van der Waals surface area contributed by atoms with E-state index in [0.29, 0.717) is 22.5 Å². The topological polar surface area (TPSA) is 94.9 Å². The molecule has 1 aliphatic heterocycles. The van der Waals surface area contributed by atoms with Crippen molar-refractivity contribution < 1.29 is 9.47 Å². The van der Waals surface area contributed by atoms with Crippen molar-refractivity contribution in [1.29, 1.82) is 0 Å². The van der Waals surface area contributed by atoms with Crippen LogP contribution in [0.15, 0.2) is 30.9 Å². The second-order valence-corrected chi connectivity index (χ2v) is 9.69. The van der Waals surface area contributed by atoms with Gasteiger partial charge in [0.25, 0.3) is 0 Å². The van der Waals surface area contributed by atoms with Crippen molar-refractivity contribution in [2.45, 2.75) is 31.8 Å². The number of aromatic nitrogens is 5. The van der Waals surface area contributed by atoms with Crippen molar-refractivity contribution in [1.82, 2.24) is 24.9 Å². The number of thiazole rings is 1. The summed E-state index contributed by atoms with van der Waals surface area (Å²) < 4.78 is 12.5. The normalized spacial score (nSPS) is 18.4. The second-order valence-electron chi connectivity index (χ2n) is 7.41. The predicted molar refractivity (Wildman–Crippen MR) is 117 cm³/mol. The lowest BCUT2D eigenvalue weighted by atomic mass is 9.72. The minimum atomic E-state index is 0.174. The highest BCUT2D eigenvalue weighted by Crippen LogP contribution is 2.43. The molecule has 3 aromatic heterocycles. The molecule has 1 N–H and O–H groups in total. The smallest absolute Gasteiger partial charge is 0.317 e. The molecule has 2 fully saturated rings. The van der Waals surface area contributed by atoms with E-state index < -0.39 is 0 Å². The van der Waals surface area contributed by atoms with Gasteiger partial charge in [0.05, 0.1) is 23.8 Å². The number of nitrogens with zero attached hydrogens (tertiary/aromatic N) is 5. The molecule has 8 nitrogen and oxygen atoms in total. The van der Waals surface area contributed by atoms with Crippen LogP contribution in [0.25, 0.3) is 10.6 Å². The summed E-state index contributed by atoms with van der Waals surface area (Å²) in [5.74, 6) is 0.518. The summed E-state index contributed by atoms with van der Waals surface area (Å²) in [6, 6.07) is 2.30. The van der Waals surface area contributed by atoms with E-state index in [1.165, 1.54) is 11.3 Å². The van der Waals surface area contributed by atoms with Gasteiger partial charge in [-0.05, 0) is 54.3 Å². The van der Waals surface area contributed by atoms with Crippen molar-refractivity contribution >= 4 is 45.0 Å². The highest BCUT2D eigenvalue weighted by molar-refractivity contribution is 14.1. The van der Waals surface area contributed by atoms with Crippen LogP contribution in [0.1, 0.15) is 25.7 Å². The third-order valence-corrected chi connectivity index (χ3v) is 6.80. The van der Waals surface area contributed by atoms with Gasteiger partial charge in [-0.3, -0.25) is 0 Å². The van der Waals surface area contributed by atoms with Crippen LogP contribution in [0.5, 0.6) is 6.01 Å². The van der Waals surface area contributed by atoms with Gasteiger partial charge in [0.2, 0.25) is 5.95 Å². The minimum absolute atomic E-state index is 0.174. The van der Waals surface area contributed by atoms with Gasteiger partial charge in [-0.25, -0.2) is 19.9 Å². The lowest BCUT2D eigenvalue weighted by molar-refractivity contribution is -0.140. The van der Waals surface area contributed by atoms with Gasteiger partial charge in [0, 0.05) is 33.8 Å². The Kier molecular flexibility index (Phi) is 5.31. The Balaban J connectivity index is 1.24. The molecule has 4 heterocycles. The van der Waals surface area contributed by atoms with Crippen molar-refractivity contribution in [2.24, 2.45) is 5.41 Å². The quantitative estimate of drug-likeness (QED) is 0.502. The maximum atomic E-state index is 6.08. The molecule has 5 rings (SSSR count). The summed E-state index contributed by atoms with van der Waals surface area (Å²) in [6.07, 6.45) is 11.6. The van der Waals surface area contributed by atoms with Crippen LogP contribution in [0, 0.1) is 8.99 Å². The fourth-order valence-corrected chi connectivity index (χ4v) is 4.67. The monoisotopic (exact) mass is 522 g/mol. The maximum Gasteiger partial charge on any atom is 0.317 e. The van der Waals surface area contributed by atoms with Crippen molar-refractivity contribution in [3.63, 3.8) is 0 Å². The molecule has 3 aromatic rings. The number of hydrogen-bond donors (Lipinski definition) is 1. The molecular formula is C19H19IN6O2S. The van der Waals surface area contributed by atoms with E-state index in [4.69, 9.17) is 9.47 Å². The summed E-state index contributed by atoms with van der Waals surface area (Å²) in [7, 11) is 0. The van der Waals surface area contributed by atoms with Crippen molar-refractivity contribution in [3.8, 4) is 16.6 Å². The fraction of sp³-hybridized carbons (Fsp3) is 0.421. The van der Waals surface area contributed by atoms with Gasteiger partial charge in [-0.1, -0.05) is 11.3 Å². The maximum absolute atomic E-state index is 6.08. The lowest BCUT2D eigenvalue weighted by Gasteiger charge is -2.45. The Bertz CT molecular complexity index is 984. The van der Waals surface area contributed by atoms with E-state index in [9.17, 15) is 0 Å². The number of hydrogen-bond acceptors (Lipinski definition) is 9. The first-order valence-electron chi connectivity index (χ1n) is 9.46. The van der Waals surface area contributed by atoms with Crippen LogP contribution in [-0.2, 0) is 4.74 Å². The van der Waals surface area contributed by atoms with Crippen LogP contribution in [-0.4, -0.2) is 44.2 Å². The van der Waals surface area contributed by atoms with Crippen molar-refractivity contribution in [2.75, 3.05) is 18.5 Å². The molecule has 0 bridgehead atoms. The molecule has 2 aliphatic rings. The Hall–Kier alpha value is -1.92. The first-order valence-corrected chi connectivity index (χ1v) is 11.4. The van der Waals surface area contributed by atoms with E-state index in [2.05, 4.69) is 52.8 Å². The molecule has 1 saturated heterocycles. The van der Waals surface area contributed by atoms with Crippen LogP contribution >= 0.6 is 33.9 Å². The molecule has 29 heavy (non-hydrogen) atoms. The molecular weight excluding hydrogens is 503 g/mol. The van der Waals surface area contributed by atoms with Crippen LogP contribution in [0.3, 0.4) is 0 Å². The Morgan fingerprint density at radius 1 is 1.10 bits per heavy atom. The summed E-state index contributed by atoms with van der Waals surface area (Å²) in [5, 5.41) is 3.83. The number of halogens is 1. The summed E-state index contributed by atoms with van der Waals surface area (Å²) in [6.45, 7) is 1.81. The number of ether oxygens (including phenoxy) is 2. The van der Waals surface area contributed by atoms with E-state index >= 15 is 0 Å². The van der Waals surface area contributed by atoms with Gasteiger partial charge in [-0.2, -0.15) is 4.98 Å². The largest absolute Gasteiger partial charge is 0.460 e. The fourth-order valence-electron chi connectivity index (χ4n) is 3.61. The molecule has 150 valence electrons. The van der Waals surface area contributed by atoms with E-state index in [1.807, 2.05) is 6.07 Å². The van der Waals surface area contributed by atoms with E-state index in [1.54, 1.807) is 24.8 Å². The van der Waals surface area contributed by atoms with E-state index in [-0.39, 0.29) is 6.10 Å². The van der Waals surface area contributed by atoms with Gasteiger partial charge in [-0.15, -0.1) is 0 Å². The zero-order valence-corrected chi connectivity index (χ0v) is 18.5. The minimum Gasteiger partial charge on any atom is -0.460 e. The SMILES string of the molecule is Ic1cnc(Nc2ncc(-c3ccnc(OC4CCC5(CC4)COC5)n3)s2)nc1. The predicted octanol–water partition coefficient (Wildman–Crippen LogP) is 4.08. The number of anilines is 2. The molecule has 0 aromatic carbocycles. The molecule has 0 unspecified atom stereocenters. The highest BCUT2D eigenvalue weighted by Gasteiger charge is 2.42. The van der Waals surface area contributed by atoms with E-state index in [0.717, 1.165) is 53.0 Å². The van der Waals surface area contributed by atoms with Gasteiger partial charge in [0.15, 0.2) is 5.13 Å². The zero-order valence-electron chi connectivity index (χ0n) is 15.5. The van der Waals surface area contributed by atoms with Gasteiger partial charge in [0.1, 0.15) is 6.10 Å². The third-order valence-electron chi connectivity index (χ3n) is 5.31. The van der Waals surface area contributed by atoms with Gasteiger partial charge < -0.3 is 14.8 Å². The number of nitrogens with one attached hydrogen (secondary N) is 1. The molecule has 10 heteroatoms. The second kappa shape index (κ2) is 8.07. The van der Waals surface area contributed by atoms with Crippen LogP contribution in [0.4, 0.5) is 11.1 Å². The third kappa shape index (κ3) is 4.33. The van der Waals surface area contributed by atoms with Crippen LogP contribution in [0.2, 0.25) is 0 Å². The average Bonchev–Trinajstić information content (AvgIpc) is 3.18.